The number of pyridine rings is 1. The third-order valence-electron chi connectivity index (χ3n) is 4.55. The molecule has 0 unspecified atom stereocenters. The Hall–Kier alpha value is -2.80. The van der Waals surface area contributed by atoms with Crippen LogP contribution in [-0.2, 0) is 0 Å². The number of aromatic amines is 1. The smallest absolute Gasteiger partial charge is 0.262 e. The largest absolute Gasteiger partial charge is 0.340 e. The number of rotatable bonds is 2. The number of hydrogen-bond donors (Lipinski definition) is 1. The van der Waals surface area contributed by atoms with Crippen molar-refractivity contribution in [2.24, 2.45) is 0 Å². The second-order valence-electron chi connectivity index (χ2n) is 6.24. The van der Waals surface area contributed by atoms with Crippen molar-refractivity contribution in [3.8, 4) is 11.1 Å². The number of fused-ring (bicyclic) bond motifs is 1. The lowest BCUT2D eigenvalue weighted by Crippen LogP contribution is -2.45. The number of nitrogens with one attached hydrogen (secondary N) is 1. The fourth-order valence-corrected chi connectivity index (χ4v) is 3.09. The van der Waals surface area contributed by atoms with Crippen LogP contribution in [0, 0.1) is 5.82 Å². The maximum absolute atomic E-state index is 13.2. The highest BCUT2D eigenvalue weighted by Gasteiger charge is 2.18. The summed E-state index contributed by atoms with van der Waals surface area (Å²) in [5, 5.41) is 0.423. The number of H-pyrrole nitrogens is 1. The average molecular weight is 339 g/mol. The molecule has 0 saturated carbocycles. The molecule has 6 nitrogen and oxygen atoms in total. The molecule has 7 heteroatoms. The van der Waals surface area contributed by atoms with Gasteiger partial charge in [0.05, 0.1) is 5.39 Å². The van der Waals surface area contributed by atoms with Gasteiger partial charge >= 0.3 is 0 Å². The number of piperazine rings is 1. The van der Waals surface area contributed by atoms with E-state index in [1.165, 1.54) is 12.1 Å². The van der Waals surface area contributed by atoms with Gasteiger partial charge in [0.1, 0.15) is 5.82 Å². The van der Waals surface area contributed by atoms with Crippen LogP contribution < -0.4 is 10.5 Å². The van der Waals surface area contributed by atoms with Crippen molar-refractivity contribution in [3.63, 3.8) is 0 Å². The second kappa shape index (κ2) is 6.25. The van der Waals surface area contributed by atoms with Crippen LogP contribution in [0.3, 0.4) is 0 Å². The topological polar surface area (TPSA) is 65.1 Å². The predicted molar refractivity (Wildman–Crippen MR) is 95.3 cm³/mol. The number of likely N-dealkylation sites (N-methyl/N-ethyl adjacent to an activating group) is 1. The summed E-state index contributed by atoms with van der Waals surface area (Å²) in [5.41, 5.74) is 1.63. The molecule has 0 spiro atoms. The van der Waals surface area contributed by atoms with Crippen molar-refractivity contribution in [2.45, 2.75) is 0 Å². The Morgan fingerprint density at radius 2 is 1.80 bits per heavy atom. The van der Waals surface area contributed by atoms with E-state index in [1.54, 1.807) is 24.4 Å². The van der Waals surface area contributed by atoms with E-state index in [0.29, 0.717) is 22.5 Å². The minimum absolute atomic E-state index is 0.230. The highest BCUT2D eigenvalue weighted by molar-refractivity contribution is 5.92. The molecule has 1 N–H and O–H groups in total. The van der Waals surface area contributed by atoms with Crippen LogP contribution in [0.15, 0.2) is 41.3 Å². The summed E-state index contributed by atoms with van der Waals surface area (Å²) in [6.07, 6.45) is 1.63. The summed E-state index contributed by atoms with van der Waals surface area (Å²) in [7, 11) is 2.07. The molecule has 3 aromatic rings. The van der Waals surface area contributed by atoms with Crippen molar-refractivity contribution in [1.29, 1.82) is 0 Å². The molecule has 4 rings (SSSR count). The first kappa shape index (κ1) is 15.7. The molecule has 1 aliphatic rings. The maximum Gasteiger partial charge on any atom is 0.262 e. The van der Waals surface area contributed by atoms with Crippen LogP contribution in [-0.4, -0.2) is 53.1 Å². The van der Waals surface area contributed by atoms with Gasteiger partial charge in [-0.25, -0.2) is 9.37 Å². The van der Waals surface area contributed by atoms with Gasteiger partial charge in [-0.1, -0.05) is 12.1 Å². The zero-order valence-electron chi connectivity index (χ0n) is 13.9. The molecule has 2 aromatic heterocycles. The molecule has 0 amide bonds. The van der Waals surface area contributed by atoms with Crippen molar-refractivity contribution in [1.82, 2.24) is 19.9 Å². The molecule has 128 valence electrons. The minimum atomic E-state index is -0.313. The van der Waals surface area contributed by atoms with Crippen molar-refractivity contribution in [3.05, 3.63) is 52.7 Å². The summed E-state index contributed by atoms with van der Waals surface area (Å²) < 4.78 is 13.2. The summed E-state index contributed by atoms with van der Waals surface area (Å²) in [4.78, 5) is 28.7. The van der Waals surface area contributed by atoms with Gasteiger partial charge in [0, 0.05) is 32.4 Å². The van der Waals surface area contributed by atoms with Gasteiger partial charge in [0.2, 0.25) is 5.95 Å². The molecule has 1 saturated heterocycles. The SMILES string of the molecule is CN1CCN(c2nc3nccc(-c4ccc(F)cc4)c3c(=O)[nH]2)CC1. The zero-order valence-corrected chi connectivity index (χ0v) is 13.9. The van der Waals surface area contributed by atoms with Gasteiger partial charge in [0.15, 0.2) is 5.65 Å². The molecule has 0 radical (unpaired) electrons. The highest BCUT2D eigenvalue weighted by atomic mass is 19.1. The standard InChI is InChI=1S/C18H18FN5O/c1-23-8-10-24(11-9-23)18-21-16-15(17(25)22-18)14(6-7-20-16)12-2-4-13(19)5-3-12/h2-7H,8-11H2,1H3,(H,20,21,22,25). The number of aromatic nitrogens is 3. The Morgan fingerprint density at radius 3 is 2.52 bits per heavy atom. The maximum atomic E-state index is 13.2. The van der Waals surface area contributed by atoms with Crippen LogP contribution >= 0.6 is 0 Å². The third-order valence-corrected chi connectivity index (χ3v) is 4.55. The summed E-state index contributed by atoms with van der Waals surface area (Å²) in [5.74, 6) is 0.237. The molecule has 1 aromatic carbocycles. The molecular weight excluding hydrogens is 321 g/mol. The van der Waals surface area contributed by atoms with Gasteiger partial charge in [-0.3, -0.25) is 9.78 Å². The fraction of sp³-hybridized carbons (Fsp3) is 0.278. The van der Waals surface area contributed by atoms with Gasteiger partial charge in [-0.15, -0.1) is 0 Å². The average Bonchev–Trinajstić information content (AvgIpc) is 2.62. The van der Waals surface area contributed by atoms with Gasteiger partial charge in [0.25, 0.3) is 5.56 Å². The van der Waals surface area contributed by atoms with Crippen molar-refractivity contribution in [2.75, 3.05) is 38.1 Å². The molecule has 0 atom stereocenters. The van der Waals surface area contributed by atoms with Crippen LogP contribution in [0.4, 0.5) is 10.3 Å². The molecule has 0 bridgehead atoms. The van der Waals surface area contributed by atoms with E-state index in [0.717, 1.165) is 31.7 Å². The molecule has 25 heavy (non-hydrogen) atoms. The number of nitrogens with zero attached hydrogens (tertiary/aromatic N) is 4. The second-order valence-corrected chi connectivity index (χ2v) is 6.24. The van der Waals surface area contributed by atoms with E-state index in [1.807, 2.05) is 0 Å². The van der Waals surface area contributed by atoms with Crippen molar-refractivity contribution >= 4 is 17.0 Å². The van der Waals surface area contributed by atoms with E-state index in [2.05, 4.69) is 31.8 Å². The Labute approximate surface area is 143 Å². The van der Waals surface area contributed by atoms with E-state index < -0.39 is 0 Å². The van der Waals surface area contributed by atoms with E-state index in [4.69, 9.17) is 0 Å². The Balaban J connectivity index is 1.80. The Morgan fingerprint density at radius 1 is 1.08 bits per heavy atom. The van der Waals surface area contributed by atoms with Crippen LogP contribution in [0.5, 0.6) is 0 Å². The molecular formula is C18H18FN5O. The van der Waals surface area contributed by atoms with Gasteiger partial charge < -0.3 is 9.80 Å². The minimum Gasteiger partial charge on any atom is -0.340 e. The first-order valence-corrected chi connectivity index (χ1v) is 8.20. The van der Waals surface area contributed by atoms with E-state index in [-0.39, 0.29) is 11.4 Å². The zero-order chi connectivity index (χ0) is 17.4. The first-order valence-electron chi connectivity index (χ1n) is 8.20. The third kappa shape index (κ3) is 2.98. The highest BCUT2D eigenvalue weighted by Crippen LogP contribution is 2.25. The van der Waals surface area contributed by atoms with Crippen LogP contribution in [0.1, 0.15) is 0 Å². The summed E-state index contributed by atoms with van der Waals surface area (Å²) >= 11 is 0. The number of hydrogen-bond acceptors (Lipinski definition) is 5. The van der Waals surface area contributed by atoms with Gasteiger partial charge in [-0.05, 0) is 36.4 Å². The van der Waals surface area contributed by atoms with Gasteiger partial charge in [-0.2, -0.15) is 4.98 Å². The lowest BCUT2D eigenvalue weighted by Gasteiger charge is -2.32. The molecule has 3 heterocycles. The number of benzene rings is 1. The summed E-state index contributed by atoms with van der Waals surface area (Å²) in [6.45, 7) is 3.46. The van der Waals surface area contributed by atoms with Crippen LogP contribution in [0.2, 0.25) is 0 Å². The fourth-order valence-electron chi connectivity index (χ4n) is 3.09. The molecule has 0 aliphatic carbocycles. The first-order chi connectivity index (χ1) is 12.1. The number of anilines is 1. The van der Waals surface area contributed by atoms with Crippen LogP contribution in [0.25, 0.3) is 22.2 Å². The van der Waals surface area contributed by atoms with Crippen molar-refractivity contribution < 1.29 is 4.39 Å². The normalized spacial score (nSPS) is 15.7. The molecule has 1 aliphatic heterocycles. The molecule has 1 fully saturated rings. The van der Waals surface area contributed by atoms with E-state index in [9.17, 15) is 9.18 Å². The lowest BCUT2D eigenvalue weighted by molar-refractivity contribution is 0.311. The Kier molecular flexibility index (Phi) is 3.93. The summed E-state index contributed by atoms with van der Waals surface area (Å²) in [6, 6.07) is 7.81. The quantitative estimate of drug-likeness (QED) is 0.772. The predicted octanol–water partition coefficient (Wildman–Crippen LogP) is 1.88. The Bertz CT molecular complexity index is 961. The lowest BCUT2D eigenvalue weighted by atomic mass is 10.0. The number of halogens is 1. The monoisotopic (exact) mass is 339 g/mol. The van der Waals surface area contributed by atoms with E-state index >= 15 is 0 Å².